The molecule has 33 heavy (non-hydrogen) atoms. The summed E-state index contributed by atoms with van der Waals surface area (Å²) in [7, 11) is 1.68. The molecule has 1 N–H and O–H groups in total. The molecule has 170 valence electrons. The molecule has 2 aliphatic heterocycles. The Morgan fingerprint density at radius 3 is 2.70 bits per heavy atom. The maximum absolute atomic E-state index is 13.6. The van der Waals surface area contributed by atoms with E-state index >= 15 is 0 Å². The Bertz CT molecular complexity index is 1140. The van der Waals surface area contributed by atoms with Gasteiger partial charge in [0.1, 0.15) is 11.6 Å². The molecule has 2 heterocycles. The number of anilines is 2. The maximum atomic E-state index is 13.6. The van der Waals surface area contributed by atoms with Crippen molar-refractivity contribution in [1.82, 2.24) is 5.32 Å². The van der Waals surface area contributed by atoms with Crippen molar-refractivity contribution in [3.8, 4) is 5.75 Å². The molecule has 0 aliphatic carbocycles. The molecule has 5 nitrogen and oxygen atoms in total. The van der Waals surface area contributed by atoms with E-state index < -0.39 is 0 Å². The van der Waals surface area contributed by atoms with E-state index in [4.69, 9.17) is 4.74 Å². The lowest BCUT2D eigenvalue weighted by molar-refractivity contribution is -0.126. The molecule has 0 bridgehead atoms. The van der Waals surface area contributed by atoms with Crippen LogP contribution in [0.25, 0.3) is 0 Å². The summed E-state index contributed by atoms with van der Waals surface area (Å²) in [6, 6.07) is 22.9. The zero-order valence-electron chi connectivity index (χ0n) is 18.7. The van der Waals surface area contributed by atoms with Crippen molar-refractivity contribution in [3.05, 3.63) is 89.7 Å². The number of hydrogen-bond acceptors (Lipinski definition) is 4. The Labute approximate surface area is 193 Å². The lowest BCUT2D eigenvalue weighted by Gasteiger charge is -2.49. The molecule has 1 fully saturated rings. The minimum Gasteiger partial charge on any atom is -0.497 e. The fourth-order valence-electron chi connectivity index (χ4n) is 5.04. The molecule has 0 spiro atoms. The molecule has 1 saturated heterocycles. The van der Waals surface area contributed by atoms with Gasteiger partial charge in [0.2, 0.25) is 5.91 Å². The third-order valence-electron chi connectivity index (χ3n) is 6.74. The van der Waals surface area contributed by atoms with E-state index in [9.17, 15) is 9.18 Å². The minimum absolute atomic E-state index is 0.00522. The topological polar surface area (TPSA) is 44.8 Å². The average Bonchev–Trinajstić information content (AvgIpc) is 2.86. The van der Waals surface area contributed by atoms with Crippen LogP contribution in [-0.4, -0.2) is 38.7 Å². The van der Waals surface area contributed by atoms with Gasteiger partial charge in [-0.25, -0.2) is 4.39 Å². The zero-order valence-corrected chi connectivity index (χ0v) is 18.7. The van der Waals surface area contributed by atoms with E-state index in [1.54, 1.807) is 13.2 Å². The van der Waals surface area contributed by atoms with E-state index in [0.29, 0.717) is 13.0 Å². The number of nitrogens with one attached hydrogen (secondary N) is 1. The lowest BCUT2D eigenvalue weighted by atomic mass is 9.83. The molecular formula is C27H28FN3O2. The number of nitrogens with zero attached hydrogens (tertiary/aromatic N) is 2. The van der Waals surface area contributed by atoms with E-state index in [1.165, 1.54) is 17.8 Å². The second kappa shape index (κ2) is 9.14. The van der Waals surface area contributed by atoms with Gasteiger partial charge in [0.25, 0.3) is 0 Å². The van der Waals surface area contributed by atoms with Gasteiger partial charge in [-0.1, -0.05) is 36.4 Å². The summed E-state index contributed by atoms with van der Waals surface area (Å²) in [5, 5.41) is 3.06. The molecule has 0 unspecified atom stereocenters. The van der Waals surface area contributed by atoms with Gasteiger partial charge in [-0.2, -0.15) is 0 Å². The third kappa shape index (κ3) is 4.38. The molecule has 0 aromatic heterocycles. The number of halogens is 1. The van der Waals surface area contributed by atoms with Gasteiger partial charge >= 0.3 is 0 Å². The van der Waals surface area contributed by atoms with Crippen molar-refractivity contribution in [2.75, 3.05) is 36.5 Å². The first kappa shape index (κ1) is 21.3. The number of piperazine rings is 1. The number of amides is 1. The first-order valence-corrected chi connectivity index (χ1v) is 11.4. The van der Waals surface area contributed by atoms with Gasteiger partial charge in [-0.05, 0) is 47.9 Å². The molecule has 5 rings (SSSR count). The molecule has 2 aliphatic rings. The second-order valence-electron chi connectivity index (χ2n) is 8.70. The molecular weight excluding hydrogens is 417 g/mol. The Hall–Kier alpha value is -3.54. The predicted octanol–water partition coefficient (Wildman–Crippen LogP) is 4.02. The van der Waals surface area contributed by atoms with E-state index in [1.807, 2.05) is 30.3 Å². The minimum atomic E-state index is -0.292. The molecule has 6 heteroatoms. The molecule has 0 radical (unpaired) electrons. The number of carbonyl (C=O) groups excluding carboxylic acids is 1. The number of carbonyl (C=O) groups is 1. The van der Waals surface area contributed by atoms with Crippen LogP contribution in [0.2, 0.25) is 0 Å². The number of para-hydroxylation sites is 1. The summed E-state index contributed by atoms with van der Waals surface area (Å²) >= 11 is 0. The fourth-order valence-corrected chi connectivity index (χ4v) is 5.04. The van der Waals surface area contributed by atoms with E-state index in [2.05, 4.69) is 39.4 Å². The number of hydrogen-bond donors (Lipinski definition) is 1. The quantitative estimate of drug-likeness (QED) is 0.645. The van der Waals surface area contributed by atoms with Crippen molar-refractivity contribution in [1.29, 1.82) is 0 Å². The number of rotatable bonds is 5. The van der Waals surface area contributed by atoms with Crippen LogP contribution in [-0.2, 0) is 17.8 Å². The average molecular weight is 446 g/mol. The van der Waals surface area contributed by atoms with Crippen LogP contribution < -0.4 is 19.9 Å². The van der Waals surface area contributed by atoms with Crippen molar-refractivity contribution in [2.24, 2.45) is 5.92 Å². The summed E-state index contributed by atoms with van der Waals surface area (Å²) in [4.78, 5) is 18.1. The molecule has 3 aromatic carbocycles. The van der Waals surface area contributed by atoms with Crippen molar-refractivity contribution in [3.63, 3.8) is 0 Å². The van der Waals surface area contributed by atoms with Crippen LogP contribution in [0.1, 0.15) is 11.1 Å². The highest BCUT2D eigenvalue weighted by atomic mass is 19.1. The Kier molecular flexibility index (Phi) is 5.90. The first-order chi connectivity index (χ1) is 16.1. The highest BCUT2D eigenvalue weighted by Gasteiger charge is 2.41. The number of fused-ring (bicyclic) bond motifs is 3. The summed E-state index contributed by atoms with van der Waals surface area (Å²) in [5.74, 6) is 0.336. The van der Waals surface area contributed by atoms with E-state index in [-0.39, 0.29) is 23.7 Å². The van der Waals surface area contributed by atoms with Gasteiger partial charge < -0.3 is 19.9 Å². The highest BCUT2D eigenvalue weighted by Crippen LogP contribution is 2.39. The summed E-state index contributed by atoms with van der Waals surface area (Å²) < 4.78 is 19.0. The fraction of sp³-hybridized carbons (Fsp3) is 0.296. The van der Waals surface area contributed by atoms with Crippen LogP contribution in [0.5, 0.6) is 5.75 Å². The summed E-state index contributed by atoms with van der Waals surface area (Å²) in [6.45, 7) is 2.79. The smallest absolute Gasteiger partial charge is 0.225 e. The standard InChI is InChI=1S/C27H28FN3O2/c1-33-23-11-10-20-15-24(27(32)29-17-19-6-5-7-21(28)14-19)26-18-30(22-8-3-2-4-9-22)12-13-31(26)25(20)16-23/h2-11,14,16,24,26H,12-13,15,17-18H2,1H3,(H,29,32)/t24-,26+/m0/s1. The molecule has 0 saturated carbocycles. The zero-order chi connectivity index (χ0) is 22.8. The number of benzene rings is 3. The van der Waals surface area contributed by atoms with Gasteiger partial charge in [0.05, 0.1) is 19.1 Å². The van der Waals surface area contributed by atoms with Crippen LogP contribution >= 0.6 is 0 Å². The number of methoxy groups -OCH3 is 1. The van der Waals surface area contributed by atoms with Crippen LogP contribution in [0.15, 0.2) is 72.8 Å². The lowest BCUT2D eigenvalue weighted by Crippen LogP contribution is -2.61. The van der Waals surface area contributed by atoms with Gasteiger partial charge in [-0.15, -0.1) is 0 Å². The predicted molar refractivity (Wildman–Crippen MR) is 128 cm³/mol. The van der Waals surface area contributed by atoms with Gasteiger partial charge in [0.15, 0.2) is 0 Å². The maximum Gasteiger partial charge on any atom is 0.225 e. The van der Waals surface area contributed by atoms with E-state index in [0.717, 1.165) is 42.2 Å². The van der Waals surface area contributed by atoms with Gasteiger partial charge in [-0.3, -0.25) is 4.79 Å². The van der Waals surface area contributed by atoms with Gasteiger partial charge in [0, 0.05) is 43.6 Å². The highest BCUT2D eigenvalue weighted by molar-refractivity contribution is 5.82. The second-order valence-corrected chi connectivity index (χ2v) is 8.70. The third-order valence-corrected chi connectivity index (χ3v) is 6.74. The molecule has 2 atom stereocenters. The van der Waals surface area contributed by atoms with Crippen molar-refractivity contribution < 1.29 is 13.9 Å². The largest absolute Gasteiger partial charge is 0.497 e. The Morgan fingerprint density at radius 2 is 1.91 bits per heavy atom. The summed E-state index contributed by atoms with van der Waals surface area (Å²) in [6.07, 6.45) is 0.665. The Morgan fingerprint density at radius 1 is 1.06 bits per heavy atom. The monoisotopic (exact) mass is 445 g/mol. The molecule has 3 aromatic rings. The van der Waals surface area contributed by atoms with Crippen LogP contribution in [0.3, 0.4) is 0 Å². The van der Waals surface area contributed by atoms with Crippen LogP contribution in [0.4, 0.5) is 15.8 Å². The summed E-state index contributed by atoms with van der Waals surface area (Å²) in [5.41, 5.74) is 4.25. The Balaban J connectivity index is 1.41. The van der Waals surface area contributed by atoms with Crippen molar-refractivity contribution in [2.45, 2.75) is 19.0 Å². The first-order valence-electron chi connectivity index (χ1n) is 11.4. The van der Waals surface area contributed by atoms with Crippen molar-refractivity contribution >= 4 is 17.3 Å². The SMILES string of the molecule is COc1ccc2c(c1)N1CCN(c3ccccc3)C[C@@H]1[C@@H](C(=O)NCc1cccc(F)c1)C2. The van der Waals surface area contributed by atoms with Crippen LogP contribution in [0, 0.1) is 11.7 Å². The normalized spacial score (nSPS) is 19.5. The number of ether oxygens (including phenoxy) is 1. The molecule has 1 amide bonds.